The number of benzene rings is 1. The Balaban J connectivity index is 3.40. The van der Waals surface area contributed by atoms with Gasteiger partial charge in [-0.3, -0.25) is 9.52 Å². The Morgan fingerprint density at radius 2 is 1.94 bits per heavy atom. The third kappa shape index (κ3) is 3.61. The van der Waals surface area contributed by atoms with E-state index in [1.165, 1.54) is 13.1 Å². The fourth-order valence-corrected chi connectivity index (χ4v) is 2.29. The fourth-order valence-electron chi connectivity index (χ4n) is 1.38. The Kier molecular flexibility index (Phi) is 4.00. The molecule has 0 aromatic heterocycles. The molecule has 0 aliphatic rings. The largest absolute Gasteiger partial charge is 0.355 e. The monoisotopic (exact) mass is 276 g/mol. The second-order valence-electron chi connectivity index (χ2n) is 3.60. The van der Waals surface area contributed by atoms with E-state index in [1.54, 1.807) is 13.0 Å². The van der Waals surface area contributed by atoms with Gasteiger partial charge >= 0.3 is 0 Å². The summed E-state index contributed by atoms with van der Waals surface area (Å²) in [6.07, 6.45) is 1.02. The van der Waals surface area contributed by atoms with Crippen LogP contribution < -0.4 is 10.0 Å². The van der Waals surface area contributed by atoms with Crippen LogP contribution in [0.5, 0.6) is 0 Å². The molecule has 0 atom stereocenters. The van der Waals surface area contributed by atoms with Crippen molar-refractivity contribution in [3.8, 4) is 0 Å². The fraction of sp³-hybridized carbons (Fsp3) is 0.300. The van der Waals surface area contributed by atoms with E-state index in [1.807, 2.05) is 0 Å². The molecule has 1 amide bonds. The third-order valence-corrected chi connectivity index (χ3v) is 2.85. The van der Waals surface area contributed by atoms with E-state index in [4.69, 9.17) is 11.6 Å². The first kappa shape index (κ1) is 13.8. The number of carbonyl (C=O) groups is 1. The first-order chi connectivity index (χ1) is 7.74. The molecule has 1 aromatic carbocycles. The Morgan fingerprint density at radius 3 is 2.41 bits per heavy atom. The van der Waals surface area contributed by atoms with Gasteiger partial charge in [-0.15, -0.1) is 0 Å². The predicted octanol–water partition coefficient (Wildman–Crippen LogP) is 1.38. The number of amides is 1. The number of hydrogen-bond acceptors (Lipinski definition) is 3. The Hall–Kier alpha value is -1.27. The first-order valence-corrected chi connectivity index (χ1v) is 7.01. The van der Waals surface area contributed by atoms with E-state index in [2.05, 4.69) is 10.0 Å². The SMILES string of the molecule is CNC(=O)c1cc(Cl)cc(C)c1NS(C)(=O)=O. The molecule has 94 valence electrons. The van der Waals surface area contributed by atoms with Crippen molar-refractivity contribution in [3.05, 3.63) is 28.3 Å². The Bertz CT molecular complexity index is 555. The lowest BCUT2D eigenvalue weighted by Gasteiger charge is -2.13. The smallest absolute Gasteiger partial charge is 0.253 e. The Labute approximate surface area is 105 Å². The van der Waals surface area contributed by atoms with Crippen LogP contribution in [0.15, 0.2) is 12.1 Å². The minimum atomic E-state index is -3.45. The van der Waals surface area contributed by atoms with Gasteiger partial charge in [0.15, 0.2) is 0 Å². The van der Waals surface area contributed by atoms with Crippen LogP contribution in [0.25, 0.3) is 0 Å². The number of halogens is 1. The Morgan fingerprint density at radius 1 is 1.35 bits per heavy atom. The molecule has 0 fully saturated rings. The first-order valence-electron chi connectivity index (χ1n) is 4.74. The van der Waals surface area contributed by atoms with Crippen LogP contribution >= 0.6 is 11.6 Å². The van der Waals surface area contributed by atoms with Crippen LogP contribution in [0.4, 0.5) is 5.69 Å². The minimum absolute atomic E-state index is 0.197. The molecule has 7 heteroatoms. The zero-order chi connectivity index (χ0) is 13.2. The normalized spacial score (nSPS) is 11.1. The summed E-state index contributed by atoms with van der Waals surface area (Å²) >= 11 is 5.84. The molecule has 0 spiro atoms. The molecule has 0 radical (unpaired) electrons. The van der Waals surface area contributed by atoms with Gasteiger partial charge in [0.2, 0.25) is 10.0 Å². The molecule has 0 bridgehead atoms. The summed E-state index contributed by atoms with van der Waals surface area (Å²) in [5.74, 6) is -0.401. The molecule has 0 saturated heterocycles. The van der Waals surface area contributed by atoms with Gasteiger partial charge in [-0.05, 0) is 24.6 Å². The lowest BCUT2D eigenvalue weighted by Crippen LogP contribution is -2.21. The molecule has 2 N–H and O–H groups in total. The average Bonchev–Trinajstić information content (AvgIpc) is 2.19. The number of rotatable bonds is 3. The lowest BCUT2D eigenvalue weighted by atomic mass is 10.1. The summed E-state index contributed by atoms with van der Waals surface area (Å²) in [6, 6.07) is 3.00. The highest BCUT2D eigenvalue weighted by Gasteiger charge is 2.16. The van der Waals surface area contributed by atoms with E-state index in [0.29, 0.717) is 10.6 Å². The van der Waals surface area contributed by atoms with Crippen LogP contribution in [0.2, 0.25) is 5.02 Å². The minimum Gasteiger partial charge on any atom is -0.355 e. The van der Waals surface area contributed by atoms with Crippen molar-refractivity contribution in [2.24, 2.45) is 0 Å². The van der Waals surface area contributed by atoms with Gasteiger partial charge in [-0.2, -0.15) is 0 Å². The van der Waals surface area contributed by atoms with Crippen molar-refractivity contribution in [1.82, 2.24) is 5.32 Å². The van der Waals surface area contributed by atoms with Crippen molar-refractivity contribution < 1.29 is 13.2 Å². The van der Waals surface area contributed by atoms with Crippen LogP contribution in [0.3, 0.4) is 0 Å². The van der Waals surface area contributed by atoms with Gasteiger partial charge in [-0.25, -0.2) is 8.42 Å². The van der Waals surface area contributed by atoms with E-state index >= 15 is 0 Å². The van der Waals surface area contributed by atoms with E-state index in [9.17, 15) is 13.2 Å². The number of carbonyl (C=O) groups excluding carboxylic acids is 1. The molecular formula is C10H13ClN2O3S. The summed E-state index contributed by atoms with van der Waals surface area (Å²) < 4.78 is 24.8. The maximum atomic E-state index is 11.6. The van der Waals surface area contributed by atoms with Crippen LogP contribution in [0.1, 0.15) is 15.9 Å². The van der Waals surface area contributed by atoms with Gasteiger partial charge in [0.05, 0.1) is 17.5 Å². The highest BCUT2D eigenvalue weighted by molar-refractivity contribution is 7.92. The molecule has 0 unspecified atom stereocenters. The van der Waals surface area contributed by atoms with Gasteiger partial charge in [0.1, 0.15) is 0 Å². The van der Waals surface area contributed by atoms with Gasteiger partial charge < -0.3 is 5.32 Å². The predicted molar refractivity (Wildman–Crippen MR) is 68.0 cm³/mol. The van der Waals surface area contributed by atoms with Crippen molar-refractivity contribution in [1.29, 1.82) is 0 Å². The lowest BCUT2D eigenvalue weighted by molar-refractivity contribution is 0.0964. The zero-order valence-electron chi connectivity index (χ0n) is 9.67. The number of sulfonamides is 1. The van der Waals surface area contributed by atoms with E-state index < -0.39 is 15.9 Å². The van der Waals surface area contributed by atoms with Crippen molar-refractivity contribution in [2.75, 3.05) is 18.0 Å². The zero-order valence-corrected chi connectivity index (χ0v) is 11.2. The topological polar surface area (TPSA) is 75.3 Å². The number of nitrogens with one attached hydrogen (secondary N) is 2. The van der Waals surface area contributed by atoms with Crippen LogP contribution in [-0.2, 0) is 10.0 Å². The highest BCUT2D eigenvalue weighted by Crippen LogP contribution is 2.26. The molecule has 1 rings (SSSR count). The number of anilines is 1. The second kappa shape index (κ2) is 4.93. The highest BCUT2D eigenvalue weighted by atomic mass is 35.5. The molecule has 0 saturated carbocycles. The van der Waals surface area contributed by atoms with Gasteiger partial charge in [0.25, 0.3) is 5.91 Å². The van der Waals surface area contributed by atoms with Gasteiger partial charge in [0, 0.05) is 12.1 Å². The van der Waals surface area contributed by atoms with Crippen molar-refractivity contribution in [2.45, 2.75) is 6.92 Å². The summed E-state index contributed by atoms with van der Waals surface area (Å²) in [7, 11) is -1.99. The molecule has 1 aromatic rings. The maximum absolute atomic E-state index is 11.6. The quantitative estimate of drug-likeness (QED) is 0.876. The molecule has 0 heterocycles. The van der Waals surface area contributed by atoms with Crippen LogP contribution in [0, 0.1) is 6.92 Å². The summed E-state index contributed by atoms with van der Waals surface area (Å²) in [6.45, 7) is 1.67. The molecule has 0 aliphatic heterocycles. The molecule has 5 nitrogen and oxygen atoms in total. The van der Waals surface area contributed by atoms with Crippen molar-refractivity contribution in [3.63, 3.8) is 0 Å². The summed E-state index contributed by atoms with van der Waals surface area (Å²) in [5, 5.41) is 2.80. The number of hydrogen-bond donors (Lipinski definition) is 2. The van der Waals surface area contributed by atoms with E-state index in [0.717, 1.165) is 6.26 Å². The standard InChI is InChI=1S/C10H13ClN2O3S/c1-6-4-7(11)5-8(10(14)12-2)9(6)13-17(3,15)16/h4-5,13H,1-3H3,(H,12,14). The maximum Gasteiger partial charge on any atom is 0.253 e. The third-order valence-electron chi connectivity index (χ3n) is 2.06. The number of aryl methyl sites for hydroxylation is 1. The average molecular weight is 277 g/mol. The second-order valence-corrected chi connectivity index (χ2v) is 5.78. The summed E-state index contributed by atoms with van der Waals surface area (Å²) in [4.78, 5) is 11.6. The summed E-state index contributed by atoms with van der Waals surface area (Å²) in [5.41, 5.74) is 1.03. The van der Waals surface area contributed by atoms with Crippen LogP contribution in [-0.4, -0.2) is 27.6 Å². The molecule has 17 heavy (non-hydrogen) atoms. The van der Waals surface area contributed by atoms with Gasteiger partial charge in [-0.1, -0.05) is 11.6 Å². The van der Waals surface area contributed by atoms with E-state index in [-0.39, 0.29) is 11.3 Å². The van der Waals surface area contributed by atoms with Crippen molar-refractivity contribution >= 4 is 33.2 Å². The molecular weight excluding hydrogens is 264 g/mol. The molecule has 0 aliphatic carbocycles.